The third-order valence-corrected chi connectivity index (χ3v) is 4.60. The zero-order valence-electron chi connectivity index (χ0n) is 13.7. The lowest BCUT2D eigenvalue weighted by Gasteiger charge is -2.14. The van der Waals surface area contributed by atoms with Gasteiger partial charge in [-0.05, 0) is 18.2 Å². The fourth-order valence-electron chi connectivity index (χ4n) is 3.34. The summed E-state index contributed by atoms with van der Waals surface area (Å²) in [6, 6.07) is 14.0. The van der Waals surface area contributed by atoms with Crippen molar-refractivity contribution >= 4 is 34.8 Å². The number of aromatic nitrogens is 1. The van der Waals surface area contributed by atoms with Gasteiger partial charge in [-0.1, -0.05) is 30.3 Å². The fourth-order valence-corrected chi connectivity index (χ4v) is 3.34. The Morgan fingerprint density at radius 1 is 0.885 bits per heavy atom. The average Bonchev–Trinajstić information content (AvgIpc) is 3.16. The normalized spacial score (nSPS) is 13.3. The number of amides is 2. The second-order valence-electron chi connectivity index (χ2n) is 6.04. The zero-order valence-corrected chi connectivity index (χ0v) is 13.7. The highest BCUT2D eigenvalue weighted by molar-refractivity contribution is 6.36. The molecular weight excluding hydrogens is 332 g/mol. The smallest absolute Gasteiger partial charge is 0.261 e. The molecule has 26 heavy (non-hydrogen) atoms. The van der Waals surface area contributed by atoms with E-state index in [-0.39, 0.29) is 24.6 Å². The van der Waals surface area contributed by atoms with Crippen LogP contribution in [0.25, 0.3) is 10.9 Å². The highest BCUT2D eigenvalue weighted by Gasteiger charge is 2.34. The van der Waals surface area contributed by atoms with E-state index in [0.29, 0.717) is 28.6 Å². The molecule has 0 N–H and O–H groups in total. The van der Waals surface area contributed by atoms with Crippen LogP contribution in [0, 0.1) is 0 Å². The van der Waals surface area contributed by atoms with Gasteiger partial charge < -0.3 is 4.57 Å². The molecule has 2 heterocycles. The minimum absolute atomic E-state index is 0.180. The predicted octanol–water partition coefficient (Wildman–Crippen LogP) is 2.32. The van der Waals surface area contributed by atoms with Gasteiger partial charge in [0.1, 0.15) is 0 Å². The molecule has 6 nitrogen and oxygen atoms in total. The summed E-state index contributed by atoms with van der Waals surface area (Å²) in [5.41, 5.74) is 1.91. The van der Waals surface area contributed by atoms with Crippen LogP contribution in [0.4, 0.5) is 0 Å². The summed E-state index contributed by atoms with van der Waals surface area (Å²) in [4.78, 5) is 48.8. The molecule has 0 radical (unpaired) electrons. The number of hydrogen-bond acceptors (Lipinski definition) is 4. The lowest BCUT2D eigenvalue weighted by molar-refractivity contribution is -0.104. The molecule has 0 atom stereocenters. The average molecular weight is 346 g/mol. The van der Waals surface area contributed by atoms with Gasteiger partial charge in [-0.3, -0.25) is 24.1 Å². The Balaban J connectivity index is 1.64. The molecule has 0 bridgehead atoms. The van der Waals surface area contributed by atoms with E-state index in [1.54, 1.807) is 47.2 Å². The van der Waals surface area contributed by atoms with Crippen molar-refractivity contribution in [3.8, 4) is 0 Å². The van der Waals surface area contributed by atoms with Gasteiger partial charge in [0, 0.05) is 30.2 Å². The predicted molar refractivity (Wildman–Crippen MR) is 94.1 cm³/mol. The van der Waals surface area contributed by atoms with Crippen LogP contribution in [-0.4, -0.2) is 39.9 Å². The Morgan fingerprint density at radius 3 is 2.15 bits per heavy atom. The molecule has 4 rings (SSSR count). The first kappa shape index (κ1) is 16.0. The molecular formula is C20H14N2O4. The van der Waals surface area contributed by atoms with E-state index < -0.39 is 5.78 Å². The summed E-state index contributed by atoms with van der Waals surface area (Å²) in [5.74, 6) is -1.22. The van der Waals surface area contributed by atoms with Crippen molar-refractivity contribution in [2.45, 2.75) is 6.54 Å². The standard InChI is InChI=1S/C20H14N2O4/c23-12-18(24)16-11-21(17-8-4-3-5-13(16)17)9-10-22-19(25)14-6-1-2-7-15(14)20(22)26/h1-8,11-12H,9-10H2. The molecule has 128 valence electrons. The van der Waals surface area contributed by atoms with E-state index in [4.69, 9.17) is 0 Å². The minimum atomic E-state index is -0.597. The Morgan fingerprint density at radius 2 is 1.50 bits per heavy atom. The first-order valence-corrected chi connectivity index (χ1v) is 8.14. The molecule has 6 heteroatoms. The molecule has 0 fully saturated rings. The van der Waals surface area contributed by atoms with E-state index >= 15 is 0 Å². The second kappa shape index (κ2) is 6.07. The van der Waals surface area contributed by atoms with Crippen molar-refractivity contribution in [3.63, 3.8) is 0 Å². The van der Waals surface area contributed by atoms with Gasteiger partial charge in [0.2, 0.25) is 5.78 Å². The summed E-state index contributed by atoms with van der Waals surface area (Å²) in [6.45, 7) is 0.512. The van der Waals surface area contributed by atoms with Crippen molar-refractivity contribution in [1.29, 1.82) is 0 Å². The number of hydrogen-bond donors (Lipinski definition) is 0. The summed E-state index contributed by atoms with van der Waals surface area (Å²) in [7, 11) is 0. The Labute approximate surface area is 148 Å². The number of imide groups is 1. The SMILES string of the molecule is O=CC(=O)c1cn(CCN2C(=O)c3ccccc3C2=O)c2ccccc12. The second-order valence-corrected chi connectivity index (χ2v) is 6.04. The van der Waals surface area contributed by atoms with Crippen LogP contribution in [0.15, 0.2) is 54.7 Å². The lowest BCUT2D eigenvalue weighted by Crippen LogP contribution is -2.32. The minimum Gasteiger partial charge on any atom is -0.345 e. The van der Waals surface area contributed by atoms with Crippen LogP contribution < -0.4 is 0 Å². The number of rotatable bonds is 5. The quantitative estimate of drug-likeness (QED) is 0.307. The maximum Gasteiger partial charge on any atom is 0.261 e. The van der Waals surface area contributed by atoms with Gasteiger partial charge in [0.25, 0.3) is 11.8 Å². The topological polar surface area (TPSA) is 76.5 Å². The molecule has 2 amide bonds. The number of nitrogens with zero attached hydrogens (tertiary/aromatic N) is 2. The van der Waals surface area contributed by atoms with Crippen molar-refractivity contribution in [3.05, 3.63) is 71.4 Å². The lowest BCUT2D eigenvalue weighted by atomic mass is 10.1. The number of ketones is 1. The van der Waals surface area contributed by atoms with E-state index in [1.165, 1.54) is 4.90 Å². The van der Waals surface area contributed by atoms with Crippen LogP contribution in [-0.2, 0) is 11.3 Å². The molecule has 1 aromatic heterocycles. The Bertz CT molecular complexity index is 1050. The molecule has 0 saturated carbocycles. The van der Waals surface area contributed by atoms with Crippen LogP contribution in [0.1, 0.15) is 31.1 Å². The van der Waals surface area contributed by atoms with Crippen LogP contribution in [0.3, 0.4) is 0 Å². The Hall–Kier alpha value is -3.54. The number of aldehydes is 1. The van der Waals surface area contributed by atoms with E-state index in [1.807, 2.05) is 12.1 Å². The van der Waals surface area contributed by atoms with Crippen molar-refractivity contribution in [1.82, 2.24) is 9.47 Å². The van der Waals surface area contributed by atoms with Gasteiger partial charge in [-0.15, -0.1) is 0 Å². The number of benzene rings is 2. The van der Waals surface area contributed by atoms with Gasteiger partial charge in [0.05, 0.1) is 16.7 Å². The summed E-state index contributed by atoms with van der Waals surface area (Å²) >= 11 is 0. The molecule has 3 aromatic rings. The summed E-state index contributed by atoms with van der Waals surface area (Å²) in [6.07, 6.45) is 1.88. The number of para-hydroxylation sites is 1. The molecule has 0 spiro atoms. The van der Waals surface area contributed by atoms with Gasteiger partial charge in [-0.25, -0.2) is 0 Å². The largest absolute Gasteiger partial charge is 0.345 e. The summed E-state index contributed by atoms with van der Waals surface area (Å²) in [5, 5.41) is 0.673. The Kier molecular flexibility index (Phi) is 3.73. The molecule has 0 unspecified atom stereocenters. The molecule has 1 aliphatic rings. The van der Waals surface area contributed by atoms with Crippen LogP contribution >= 0.6 is 0 Å². The van der Waals surface area contributed by atoms with Gasteiger partial charge in [-0.2, -0.15) is 0 Å². The number of Topliss-reactive ketones (excluding diaryl/α,β-unsaturated/α-hetero) is 1. The van der Waals surface area contributed by atoms with E-state index in [0.717, 1.165) is 5.52 Å². The highest BCUT2D eigenvalue weighted by Crippen LogP contribution is 2.24. The highest BCUT2D eigenvalue weighted by atomic mass is 16.2. The molecule has 0 saturated heterocycles. The van der Waals surface area contributed by atoms with E-state index in [9.17, 15) is 19.2 Å². The molecule has 1 aliphatic heterocycles. The van der Waals surface area contributed by atoms with Gasteiger partial charge >= 0.3 is 0 Å². The zero-order chi connectivity index (χ0) is 18.3. The summed E-state index contributed by atoms with van der Waals surface area (Å²) < 4.78 is 1.79. The monoisotopic (exact) mass is 346 g/mol. The number of carbonyl (C=O) groups is 4. The van der Waals surface area contributed by atoms with Crippen molar-refractivity contribution in [2.24, 2.45) is 0 Å². The first-order valence-electron chi connectivity index (χ1n) is 8.14. The third kappa shape index (κ3) is 2.35. The maximum absolute atomic E-state index is 12.4. The fraction of sp³-hybridized carbons (Fsp3) is 0.100. The first-order chi connectivity index (χ1) is 12.6. The third-order valence-electron chi connectivity index (χ3n) is 4.60. The van der Waals surface area contributed by atoms with E-state index in [2.05, 4.69) is 0 Å². The molecule has 2 aromatic carbocycles. The van der Waals surface area contributed by atoms with Gasteiger partial charge in [0.15, 0.2) is 6.29 Å². The molecule has 0 aliphatic carbocycles. The maximum atomic E-state index is 12.4. The van der Waals surface area contributed by atoms with Crippen LogP contribution in [0.5, 0.6) is 0 Å². The van der Waals surface area contributed by atoms with Crippen molar-refractivity contribution in [2.75, 3.05) is 6.54 Å². The number of fused-ring (bicyclic) bond motifs is 2. The number of carbonyl (C=O) groups excluding carboxylic acids is 4. The van der Waals surface area contributed by atoms with Crippen LogP contribution in [0.2, 0.25) is 0 Å². The van der Waals surface area contributed by atoms with Crippen molar-refractivity contribution < 1.29 is 19.2 Å².